The number of hydrogen-bond acceptors (Lipinski definition) is 5. The van der Waals surface area contributed by atoms with Crippen molar-refractivity contribution in [1.82, 2.24) is 29.5 Å². The Balaban J connectivity index is 1.46. The van der Waals surface area contributed by atoms with Gasteiger partial charge in [-0.15, -0.1) is 0 Å². The molecule has 0 aliphatic rings. The highest BCUT2D eigenvalue weighted by Crippen LogP contribution is 2.28. The molecule has 128 valence electrons. The van der Waals surface area contributed by atoms with Gasteiger partial charge in [-0.3, -0.25) is 5.10 Å². The van der Waals surface area contributed by atoms with Gasteiger partial charge in [-0.1, -0.05) is 12.1 Å². The Bertz CT molecular complexity index is 1410. The van der Waals surface area contributed by atoms with Crippen molar-refractivity contribution in [2.24, 2.45) is 0 Å². The third-order valence-corrected chi connectivity index (χ3v) is 4.67. The molecular weight excluding hydrogens is 340 g/mol. The second kappa shape index (κ2) is 5.25. The van der Waals surface area contributed by atoms with Crippen molar-refractivity contribution in [2.75, 3.05) is 0 Å². The molecule has 0 radical (unpaired) electrons. The Kier molecular flexibility index (Phi) is 2.76. The quantitative estimate of drug-likeness (QED) is 0.507. The minimum Gasteiger partial charge on any atom is -0.438 e. The average Bonchev–Trinajstić information content (AvgIpc) is 3.42. The smallest absolute Gasteiger partial charge is 0.229 e. The van der Waals surface area contributed by atoms with Crippen LogP contribution in [0.15, 0.2) is 71.9 Å². The molecule has 7 nitrogen and oxygen atoms in total. The molecule has 1 aromatic carbocycles. The summed E-state index contributed by atoms with van der Waals surface area (Å²) in [5.74, 6) is 0.751. The molecule has 0 aliphatic carbocycles. The van der Waals surface area contributed by atoms with E-state index in [1.165, 1.54) is 6.33 Å². The fraction of sp³-hybridized carbons (Fsp3) is 0. The summed E-state index contributed by atoms with van der Waals surface area (Å²) in [6.45, 7) is 0. The van der Waals surface area contributed by atoms with Gasteiger partial charge in [-0.05, 0) is 24.3 Å². The number of pyridine rings is 1. The second-order valence-corrected chi connectivity index (χ2v) is 6.38. The van der Waals surface area contributed by atoms with E-state index in [2.05, 4.69) is 32.3 Å². The van der Waals surface area contributed by atoms with Crippen molar-refractivity contribution in [1.29, 1.82) is 0 Å². The molecule has 0 bridgehead atoms. The van der Waals surface area contributed by atoms with Crippen LogP contribution in [0, 0.1) is 0 Å². The van der Waals surface area contributed by atoms with Crippen molar-refractivity contribution in [3.63, 3.8) is 0 Å². The zero-order valence-corrected chi connectivity index (χ0v) is 14.0. The summed E-state index contributed by atoms with van der Waals surface area (Å²) >= 11 is 0. The van der Waals surface area contributed by atoms with E-state index in [-0.39, 0.29) is 0 Å². The lowest BCUT2D eigenvalue weighted by Crippen LogP contribution is -1.83. The minimum absolute atomic E-state index is 0.583. The lowest BCUT2D eigenvalue weighted by Gasteiger charge is -1.98. The van der Waals surface area contributed by atoms with E-state index >= 15 is 0 Å². The molecule has 0 amide bonds. The number of benzene rings is 1. The fourth-order valence-corrected chi connectivity index (χ4v) is 3.30. The molecule has 27 heavy (non-hydrogen) atoms. The van der Waals surface area contributed by atoms with E-state index in [9.17, 15) is 0 Å². The predicted molar refractivity (Wildman–Crippen MR) is 101 cm³/mol. The van der Waals surface area contributed by atoms with Crippen molar-refractivity contribution < 1.29 is 4.42 Å². The molecule has 0 spiro atoms. The van der Waals surface area contributed by atoms with Crippen LogP contribution in [0.1, 0.15) is 0 Å². The molecule has 5 heterocycles. The van der Waals surface area contributed by atoms with Gasteiger partial charge in [-0.25, -0.2) is 15.0 Å². The first-order chi connectivity index (χ1) is 13.3. The average molecular weight is 352 g/mol. The normalized spacial score (nSPS) is 11.7. The van der Waals surface area contributed by atoms with Crippen LogP contribution in [0.5, 0.6) is 0 Å². The Hall–Kier alpha value is -4.00. The summed E-state index contributed by atoms with van der Waals surface area (Å²) in [7, 11) is 0. The number of H-pyrrole nitrogens is 1. The molecule has 5 aromatic heterocycles. The van der Waals surface area contributed by atoms with Crippen LogP contribution in [0.4, 0.5) is 0 Å². The molecule has 0 atom stereocenters. The van der Waals surface area contributed by atoms with Crippen molar-refractivity contribution in [2.45, 2.75) is 0 Å². The summed E-state index contributed by atoms with van der Waals surface area (Å²) < 4.78 is 7.84. The maximum Gasteiger partial charge on any atom is 0.229 e. The molecule has 1 N–H and O–H groups in total. The summed E-state index contributed by atoms with van der Waals surface area (Å²) in [4.78, 5) is 12.9. The van der Waals surface area contributed by atoms with Crippen LogP contribution in [-0.2, 0) is 0 Å². The number of nitrogens with zero attached hydrogens (tertiary/aromatic N) is 5. The maximum atomic E-state index is 5.84. The molecule has 0 aliphatic heterocycles. The lowest BCUT2D eigenvalue weighted by atomic mass is 10.1. The van der Waals surface area contributed by atoms with Crippen LogP contribution in [0.2, 0.25) is 0 Å². The Morgan fingerprint density at radius 2 is 1.89 bits per heavy atom. The van der Waals surface area contributed by atoms with Gasteiger partial charge in [0.15, 0.2) is 0 Å². The highest BCUT2D eigenvalue weighted by atomic mass is 16.3. The number of fused-ring (bicyclic) bond motifs is 3. The van der Waals surface area contributed by atoms with Gasteiger partial charge in [-0.2, -0.15) is 5.10 Å². The van der Waals surface area contributed by atoms with Crippen molar-refractivity contribution >= 4 is 27.6 Å². The second-order valence-electron chi connectivity index (χ2n) is 6.38. The lowest BCUT2D eigenvalue weighted by molar-refractivity contribution is 0.617. The van der Waals surface area contributed by atoms with Gasteiger partial charge in [0.1, 0.15) is 17.7 Å². The summed E-state index contributed by atoms with van der Waals surface area (Å²) in [5, 5.41) is 9.03. The molecule has 6 aromatic rings. The number of nitrogens with one attached hydrogen (secondary N) is 1. The topological polar surface area (TPSA) is 84.9 Å². The zero-order chi connectivity index (χ0) is 17.8. The number of aromatic nitrogens is 6. The van der Waals surface area contributed by atoms with Gasteiger partial charge >= 0.3 is 0 Å². The van der Waals surface area contributed by atoms with E-state index < -0.39 is 0 Å². The Labute approximate surface area is 152 Å². The number of aromatic amines is 1. The molecule has 6 rings (SSSR count). The molecule has 0 unspecified atom stereocenters. The Morgan fingerprint density at radius 3 is 2.85 bits per heavy atom. The Morgan fingerprint density at radius 1 is 0.926 bits per heavy atom. The summed E-state index contributed by atoms with van der Waals surface area (Å²) in [6.07, 6.45) is 9.06. The monoisotopic (exact) mass is 352 g/mol. The van der Waals surface area contributed by atoms with Crippen LogP contribution >= 0.6 is 0 Å². The zero-order valence-electron chi connectivity index (χ0n) is 14.0. The minimum atomic E-state index is 0.583. The summed E-state index contributed by atoms with van der Waals surface area (Å²) in [5.41, 5.74) is 5.34. The predicted octanol–water partition coefficient (Wildman–Crippen LogP) is 4.08. The van der Waals surface area contributed by atoms with Crippen LogP contribution in [0.25, 0.3) is 50.2 Å². The molecule has 0 saturated heterocycles. The van der Waals surface area contributed by atoms with E-state index in [1.54, 1.807) is 6.20 Å². The van der Waals surface area contributed by atoms with E-state index in [1.807, 2.05) is 47.3 Å². The maximum absolute atomic E-state index is 5.84. The summed E-state index contributed by atoms with van der Waals surface area (Å²) in [6, 6.07) is 12.1. The van der Waals surface area contributed by atoms with Gasteiger partial charge in [0, 0.05) is 35.1 Å². The van der Waals surface area contributed by atoms with Crippen LogP contribution in [0.3, 0.4) is 0 Å². The molecular formula is C20H12N6O. The van der Waals surface area contributed by atoms with Crippen LogP contribution < -0.4 is 0 Å². The SMILES string of the molecule is c1ncc2cc(-c3ccc4nc(-c5ccc6cn[nH]c6c5)cn4c3)oc2n1. The van der Waals surface area contributed by atoms with E-state index in [0.29, 0.717) is 5.71 Å². The molecule has 0 fully saturated rings. The standard InChI is InChI=1S/C20H12N6O/c1-2-13-8-23-25-16(13)5-12(1)17-10-26-9-14(3-4-19(26)24-17)18-6-15-7-21-11-22-20(15)27-18/h1-11H,(H,23,25). The van der Waals surface area contributed by atoms with Gasteiger partial charge in [0.25, 0.3) is 0 Å². The van der Waals surface area contributed by atoms with Gasteiger partial charge < -0.3 is 8.82 Å². The molecule has 7 heteroatoms. The number of rotatable bonds is 2. The first kappa shape index (κ1) is 14.2. The van der Waals surface area contributed by atoms with Crippen LogP contribution in [-0.4, -0.2) is 29.5 Å². The first-order valence-corrected chi connectivity index (χ1v) is 8.46. The highest BCUT2D eigenvalue weighted by molar-refractivity contribution is 5.83. The molecule has 0 saturated carbocycles. The largest absolute Gasteiger partial charge is 0.438 e. The van der Waals surface area contributed by atoms with E-state index in [0.717, 1.165) is 44.5 Å². The fourth-order valence-electron chi connectivity index (χ4n) is 3.30. The number of imidazole rings is 1. The van der Waals surface area contributed by atoms with Crippen molar-refractivity contribution in [3.8, 4) is 22.6 Å². The number of hydrogen-bond donors (Lipinski definition) is 1. The van der Waals surface area contributed by atoms with Gasteiger partial charge in [0.05, 0.1) is 22.8 Å². The first-order valence-electron chi connectivity index (χ1n) is 8.46. The number of furan rings is 1. The van der Waals surface area contributed by atoms with Crippen molar-refractivity contribution in [3.05, 3.63) is 67.5 Å². The third kappa shape index (κ3) is 2.22. The van der Waals surface area contributed by atoms with E-state index in [4.69, 9.17) is 9.40 Å². The highest BCUT2D eigenvalue weighted by Gasteiger charge is 2.10. The third-order valence-electron chi connectivity index (χ3n) is 4.67. The van der Waals surface area contributed by atoms with Gasteiger partial charge in [0.2, 0.25) is 5.71 Å².